The van der Waals surface area contributed by atoms with Gasteiger partial charge >= 0.3 is 0 Å². The van der Waals surface area contributed by atoms with Crippen LogP contribution in [0, 0.1) is 5.92 Å². The van der Waals surface area contributed by atoms with Crippen LogP contribution in [0.15, 0.2) is 18.2 Å². The van der Waals surface area contributed by atoms with Crippen LogP contribution >= 0.6 is 0 Å². The average Bonchev–Trinajstić information content (AvgIpc) is 2.48. The largest absolute Gasteiger partial charge is 0.374 e. The lowest BCUT2D eigenvalue weighted by Gasteiger charge is -2.29. The van der Waals surface area contributed by atoms with Crippen LogP contribution in [0.3, 0.4) is 0 Å². The molecule has 1 aromatic rings. The van der Waals surface area contributed by atoms with Crippen molar-refractivity contribution in [2.24, 2.45) is 5.92 Å². The van der Waals surface area contributed by atoms with E-state index in [0.717, 1.165) is 12.5 Å². The van der Waals surface area contributed by atoms with Crippen LogP contribution in [0.25, 0.3) is 0 Å². The van der Waals surface area contributed by atoms with Crippen molar-refractivity contribution in [1.29, 1.82) is 0 Å². The van der Waals surface area contributed by atoms with Gasteiger partial charge in [0.1, 0.15) is 0 Å². The number of rotatable bonds is 4. The highest BCUT2D eigenvalue weighted by Crippen LogP contribution is 2.27. The van der Waals surface area contributed by atoms with Crippen molar-refractivity contribution in [3.05, 3.63) is 29.3 Å². The maximum Gasteiger partial charge on any atom is 0.0396 e. The molecule has 1 fully saturated rings. The van der Waals surface area contributed by atoms with Gasteiger partial charge in [-0.25, -0.2) is 0 Å². The number of fused-ring (bicyclic) bond motifs is 1. The summed E-state index contributed by atoms with van der Waals surface area (Å²) in [6.45, 7) is 5.89. The highest BCUT2D eigenvalue weighted by molar-refractivity contribution is 5.56. The zero-order valence-corrected chi connectivity index (χ0v) is 13.6. The minimum absolute atomic E-state index is 0.826. The second-order valence-corrected chi connectivity index (χ2v) is 6.90. The summed E-state index contributed by atoms with van der Waals surface area (Å²) < 4.78 is 0. The zero-order chi connectivity index (χ0) is 14.7. The summed E-state index contributed by atoms with van der Waals surface area (Å²) in [5.74, 6) is 0.826. The van der Waals surface area contributed by atoms with Gasteiger partial charge in [0.2, 0.25) is 0 Å². The molecule has 116 valence electrons. The van der Waals surface area contributed by atoms with Crippen LogP contribution in [0.4, 0.5) is 5.69 Å². The maximum atomic E-state index is 3.52. The van der Waals surface area contributed by atoms with E-state index in [0.29, 0.717) is 0 Å². The van der Waals surface area contributed by atoms with Gasteiger partial charge in [0.05, 0.1) is 0 Å². The molecule has 1 N–H and O–H groups in total. The molecule has 1 saturated heterocycles. The molecule has 2 aliphatic heterocycles. The first-order chi connectivity index (χ1) is 10.2. The van der Waals surface area contributed by atoms with Crippen LogP contribution in [-0.2, 0) is 13.0 Å². The molecule has 0 aliphatic carbocycles. The van der Waals surface area contributed by atoms with E-state index in [1.807, 2.05) is 0 Å². The van der Waals surface area contributed by atoms with Gasteiger partial charge in [-0.1, -0.05) is 12.1 Å². The number of hydrogen-bond acceptors (Lipinski definition) is 3. The first-order valence-corrected chi connectivity index (χ1v) is 8.44. The lowest BCUT2D eigenvalue weighted by Crippen LogP contribution is -2.36. The molecule has 3 nitrogen and oxygen atoms in total. The molecule has 0 amide bonds. The second-order valence-electron chi connectivity index (χ2n) is 6.90. The second kappa shape index (κ2) is 6.80. The van der Waals surface area contributed by atoms with Crippen LogP contribution in [-0.4, -0.2) is 45.2 Å². The van der Waals surface area contributed by atoms with Gasteiger partial charge in [0.25, 0.3) is 0 Å². The fourth-order valence-corrected chi connectivity index (χ4v) is 3.83. The predicted molar refractivity (Wildman–Crippen MR) is 90.0 cm³/mol. The summed E-state index contributed by atoms with van der Waals surface area (Å²) in [4.78, 5) is 4.88. The molecule has 1 aromatic carbocycles. The Morgan fingerprint density at radius 3 is 3.05 bits per heavy atom. The highest BCUT2D eigenvalue weighted by atomic mass is 15.1. The minimum Gasteiger partial charge on any atom is -0.374 e. The smallest absolute Gasteiger partial charge is 0.0396 e. The third-order valence-corrected chi connectivity index (χ3v) is 4.92. The highest BCUT2D eigenvalue weighted by Gasteiger charge is 2.17. The van der Waals surface area contributed by atoms with Crippen molar-refractivity contribution in [3.63, 3.8) is 0 Å². The van der Waals surface area contributed by atoms with Crippen LogP contribution in [0.5, 0.6) is 0 Å². The topological polar surface area (TPSA) is 18.5 Å². The Labute approximate surface area is 129 Å². The Hall–Kier alpha value is -1.06. The molecule has 0 aromatic heterocycles. The van der Waals surface area contributed by atoms with Gasteiger partial charge < -0.3 is 15.1 Å². The zero-order valence-electron chi connectivity index (χ0n) is 13.6. The van der Waals surface area contributed by atoms with Gasteiger partial charge in [-0.2, -0.15) is 0 Å². The van der Waals surface area contributed by atoms with Crippen molar-refractivity contribution >= 4 is 5.69 Å². The summed E-state index contributed by atoms with van der Waals surface area (Å²) >= 11 is 0. The lowest BCUT2D eigenvalue weighted by atomic mass is 9.98. The number of hydrogen-bond donors (Lipinski definition) is 1. The van der Waals surface area contributed by atoms with Crippen molar-refractivity contribution in [2.75, 3.05) is 45.2 Å². The van der Waals surface area contributed by atoms with E-state index < -0.39 is 0 Å². The van der Waals surface area contributed by atoms with Crippen LogP contribution in [0.2, 0.25) is 0 Å². The average molecular weight is 287 g/mol. The third-order valence-electron chi connectivity index (χ3n) is 4.92. The lowest BCUT2D eigenvalue weighted by molar-refractivity contribution is 0.237. The Morgan fingerprint density at radius 1 is 1.33 bits per heavy atom. The van der Waals surface area contributed by atoms with Gasteiger partial charge in [-0.05, 0) is 68.9 Å². The van der Waals surface area contributed by atoms with E-state index in [2.05, 4.69) is 47.4 Å². The number of anilines is 1. The molecule has 0 radical (unpaired) electrons. The fraction of sp³-hybridized carbons (Fsp3) is 0.667. The van der Waals surface area contributed by atoms with Crippen molar-refractivity contribution in [1.82, 2.24) is 10.2 Å². The van der Waals surface area contributed by atoms with Gasteiger partial charge in [-0.3, -0.25) is 0 Å². The minimum atomic E-state index is 0.826. The SMILES string of the molecule is CN(Cc1ccc2c(c1)CCCN2C)CC1CCCNC1. The van der Waals surface area contributed by atoms with Crippen LogP contribution in [0.1, 0.15) is 30.4 Å². The Kier molecular flexibility index (Phi) is 4.81. The van der Waals surface area contributed by atoms with E-state index in [1.54, 1.807) is 0 Å². The van der Waals surface area contributed by atoms with Crippen LogP contribution < -0.4 is 10.2 Å². The molecule has 21 heavy (non-hydrogen) atoms. The normalized spacial score (nSPS) is 22.4. The quantitative estimate of drug-likeness (QED) is 0.918. The van der Waals surface area contributed by atoms with E-state index in [9.17, 15) is 0 Å². The molecule has 0 bridgehead atoms. The molecule has 1 unspecified atom stereocenters. The number of nitrogens with one attached hydrogen (secondary N) is 1. The molecule has 3 rings (SSSR count). The predicted octanol–water partition coefficient (Wildman–Crippen LogP) is 2.50. The Balaban J connectivity index is 1.59. The maximum absolute atomic E-state index is 3.52. The van der Waals surface area contributed by atoms with Gasteiger partial charge in [0.15, 0.2) is 0 Å². The summed E-state index contributed by atoms with van der Waals surface area (Å²) in [6, 6.07) is 7.07. The molecule has 2 aliphatic rings. The molecule has 2 heterocycles. The first-order valence-electron chi connectivity index (χ1n) is 8.44. The van der Waals surface area contributed by atoms with E-state index in [-0.39, 0.29) is 0 Å². The number of aryl methyl sites for hydroxylation is 1. The molecule has 3 heteroatoms. The van der Waals surface area contributed by atoms with E-state index in [4.69, 9.17) is 0 Å². The Bertz CT molecular complexity index is 466. The third kappa shape index (κ3) is 3.78. The first kappa shape index (κ1) is 14.9. The van der Waals surface area contributed by atoms with Gasteiger partial charge in [-0.15, -0.1) is 0 Å². The summed E-state index contributed by atoms with van der Waals surface area (Å²) in [7, 11) is 4.47. The standard InChI is InChI=1S/C18H29N3/c1-20(14-16-5-3-9-19-12-16)13-15-7-8-18-17(11-15)6-4-10-21(18)2/h7-8,11,16,19H,3-6,9-10,12-14H2,1-2H3. The fourth-order valence-electron chi connectivity index (χ4n) is 3.83. The molecular weight excluding hydrogens is 258 g/mol. The number of piperidine rings is 1. The summed E-state index contributed by atoms with van der Waals surface area (Å²) in [5, 5.41) is 3.52. The van der Waals surface area contributed by atoms with Gasteiger partial charge in [0, 0.05) is 32.4 Å². The summed E-state index contributed by atoms with van der Waals surface area (Å²) in [5.41, 5.74) is 4.44. The molecule has 0 spiro atoms. The molecule has 1 atom stereocenters. The summed E-state index contributed by atoms with van der Waals surface area (Å²) in [6.07, 6.45) is 5.25. The molecule has 0 saturated carbocycles. The monoisotopic (exact) mass is 287 g/mol. The number of benzene rings is 1. The van der Waals surface area contributed by atoms with Crippen molar-refractivity contribution < 1.29 is 0 Å². The van der Waals surface area contributed by atoms with E-state index >= 15 is 0 Å². The van der Waals surface area contributed by atoms with Crippen molar-refractivity contribution in [2.45, 2.75) is 32.2 Å². The molecular formula is C18H29N3. The number of nitrogens with zero attached hydrogens (tertiary/aromatic N) is 2. The van der Waals surface area contributed by atoms with Crippen molar-refractivity contribution in [3.8, 4) is 0 Å². The Morgan fingerprint density at radius 2 is 2.24 bits per heavy atom. The van der Waals surface area contributed by atoms with E-state index in [1.165, 1.54) is 68.7 Å².